The summed E-state index contributed by atoms with van der Waals surface area (Å²) in [6.07, 6.45) is 6.58. The number of carboxylic acids is 1. The number of carboxylic acid groups (broad SMARTS) is 1. The summed E-state index contributed by atoms with van der Waals surface area (Å²) < 4.78 is 0. The van der Waals surface area contributed by atoms with Gasteiger partial charge in [0.2, 0.25) is 0 Å². The Morgan fingerprint density at radius 1 is 1.38 bits per heavy atom. The van der Waals surface area contributed by atoms with E-state index in [0.29, 0.717) is 11.8 Å². The first kappa shape index (κ1) is 19.5. The van der Waals surface area contributed by atoms with Crippen molar-refractivity contribution in [1.29, 1.82) is 0 Å². The van der Waals surface area contributed by atoms with Crippen LogP contribution in [-0.2, 0) is 4.79 Å². The molecule has 1 fully saturated rings. The van der Waals surface area contributed by atoms with E-state index in [-0.39, 0.29) is 24.4 Å². The maximum Gasteiger partial charge on any atom is 0.303 e. The number of aliphatic carboxylic acids is 1. The van der Waals surface area contributed by atoms with E-state index < -0.39 is 17.5 Å². The van der Waals surface area contributed by atoms with Gasteiger partial charge in [-0.1, -0.05) is 39.3 Å². The Morgan fingerprint density at radius 2 is 2.04 bits per heavy atom. The van der Waals surface area contributed by atoms with Gasteiger partial charge in [0.05, 0.1) is 12.7 Å². The Bertz CT molecular complexity index is 500. The highest BCUT2D eigenvalue weighted by Crippen LogP contribution is 2.58. The average Bonchev–Trinajstić information content (AvgIpc) is 2.52. The number of hydrogen-bond donors (Lipinski definition) is 3. The Labute approximate surface area is 146 Å². The molecule has 138 valence electrons. The van der Waals surface area contributed by atoms with E-state index in [1.807, 2.05) is 13.8 Å². The fraction of sp³-hybridized carbons (Fsp3) is 0.850. The molecule has 1 saturated carbocycles. The van der Waals surface area contributed by atoms with E-state index >= 15 is 0 Å². The molecule has 2 rings (SSSR count). The van der Waals surface area contributed by atoms with Crippen LogP contribution in [0.25, 0.3) is 0 Å². The lowest BCUT2D eigenvalue weighted by molar-refractivity contribution is -0.138. The first-order valence-corrected chi connectivity index (χ1v) is 9.36. The standard InChI is InChI=1S/C20H34O4/c1-13(11-18(23)24)9-10-19(3)14(2)5-6-16-15(19)7-8-17(22)20(16,4)12-21/h6,13-15,17,21-22H,5,7-12H2,1-4H3,(H,23,24)/t13?,14-,15+,17+,19+,20+/m1/s1. The van der Waals surface area contributed by atoms with E-state index in [9.17, 15) is 15.0 Å². The predicted molar refractivity (Wildman–Crippen MR) is 94.5 cm³/mol. The van der Waals surface area contributed by atoms with Gasteiger partial charge in [0.25, 0.3) is 0 Å². The fourth-order valence-corrected chi connectivity index (χ4v) is 4.94. The molecule has 0 spiro atoms. The van der Waals surface area contributed by atoms with Gasteiger partial charge in [0.15, 0.2) is 0 Å². The van der Waals surface area contributed by atoms with Gasteiger partial charge in [-0.2, -0.15) is 0 Å². The van der Waals surface area contributed by atoms with E-state index in [1.165, 1.54) is 5.57 Å². The summed E-state index contributed by atoms with van der Waals surface area (Å²) in [6.45, 7) is 8.61. The molecule has 4 heteroatoms. The molecule has 2 aliphatic rings. The number of hydrogen-bond acceptors (Lipinski definition) is 3. The van der Waals surface area contributed by atoms with Crippen molar-refractivity contribution in [3.63, 3.8) is 0 Å². The molecule has 0 aliphatic heterocycles. The van der Waals surface area contributed by atoms with Crippen molar-refractivity contribution in [2.75, 3.05) is 6.61 Å². The Kier molecular flexibility index (Phi) is 5.81. The van der Waals surface area contributed by atoms with Crippen molar-refractivity contribution in [2.45, 2.75) is 72.3 Å². The molecule has 6 atom stereocenters. The highest BCUT2D eigenvalue weighted by molar-refractivity contribution is 5.66. The summed E-state index contributed by atoms with van der Waals surface area (Å²) in [5, 5.41) is 29.4. The summed E-state index contributed by atoms with van der Waals surface area (Å²) in [6, 6.07) is 0. The first-order chi connectivity index (χ1) is 11.1. The monoisotopic (exact) mass is 338 g/mol. The molecule has 0 heterocycles. The van der Waals surface area contributed by atoms with Gasteiger partial charge in [0.1, 0.15) is 0 Å². The summed E-state index contributed by atoms with van der Waals surface area (Å²) in [5.41, 5.74) is 0.806. The van der Waals surface area contributed by atoms with Gasteiger partial charge in [-0.05, 0) is 55.3 Å². The van der Waals surface area contributed by atoms with Crippen molar-refractivity contribution in [3.8, 4) is 0 Å². The van der Waals surface area contributed by atoms with E-state index in [4.69, 9.17) is 5.11 Å². The van der Waals surface area contributed by atoms with Crippen molar-refractivity contribution in [3.05, 3.63) is 11.6 Å². The van der Waals surface area contributed by atoms with Crippen LogP contribution in [0.15, 0.2) is 11.6 Å². The van der Waals surface area contributed by atoms with Crippen LogP contribution in [0.3, 0.4) is 0 Å². The largest absolute Gasteiger partial charge is 0.481 e. The molecule has 4 nitrogen and oxygen atoms in total. The normalized spacial score (nSPS) is 40.6. The Morgan fingerprint density at radius 3 is 2.62 bits per heavy atom. The van der Waals surface area contributed by atoms with Crippen LogP contribution in [0.2, 0.25) is 0 Å². The summed E-state index contributed by atoms with van der Waals surface area (Å²) in [5.74, 6) is 0.359. The van der Waals surface area contributed by atoms with Crippen LogP contribution in [-0.4, -0.2) is 34.0 Å². The Hall–Kier alpha value is -0.870. The topological polar surface area (TPSA) is 77.8 Å². The Balaban J connectivity index is 2.21. The number of fused-ring (bicyclic) bond motifs is 1. The summed E-state index contributed by atoms with van der Waals surface area (Å²) in [4.78, 5) is 10.9. The molecule has 0 aromatic carbocycles. The third kappa shape index (κ3) is 3.41. The van der Waals surface area contributed by atoms with Gasteiger partial charge in [0, 0.05) is 11.8 Å². The van der Waals surface area contributed by atoms with Crippen LogP contribution in [0.1, 0.15) is 66.2 Å². The second-order valence-electron chi connectivity index (χ2n) is 8.77. The maximum absolute atomic E-state index is 10.9. The van der Waals surface area contributed by atoms with Gasteiger partial charge < -0.3 is 15.3 Å². The molecule has 0 radical (unpaired) electrons. The molecule has 1 unspecified atom stereocenters. The van der Waals surface area contributed by atoms with Crippen LogP contribution in [0, 0.1) is 28.6 Å². The number of aliphatic hydroxyl groups is 2. The predicted octanol–water partition coefficient (Wildman–Crippen LogP) is 3.62. The lowest BCUT2D eigenvalue weighted by Gasteiger charge is -2.55. The van der Waals surface area contributed by atoms with Crippen molar-refractivity contribution >= 4 is 5.97 Å². The molecular weight excluding hydrogens is 304 g/mol. The quantitative estimate of drug-likeness (QED) is 0.646. The highest BCUT2D eigenvalue weighted by Gasteiger charge is 2.52. The molecule has 0 amide bonds. The summed E-state index contributed by atoms with van der Waals surface area (Å²) >= 11 is 0. The number of allylic oxidation sites excluding steroid dienone is 1. The van der Waals surface area contributed by atoms with Gasteiger partial charge in [-0.3, -0.25) is 4.79 Å². The van der Waals surface area contributed by atoms with E-state index in [1.54, 1.807) is 0 Å². The van der Waals surface area contributed by atoms with Crippen LogP contribution in [0.4, 0.5) is 0 Å². The molecule has 3 N–H and O–H groups in total. The van der Waals surface area contributed by atoms with Crippen molar-refractivity contribution < 1.29 is 20.1 Å². The van der Waals surface area contributed by atoms with Crippen LogP contribution >= 0.6 is 0 Å². The zero-order chi connectivity index (χ0) is 18.1. The average molecular weight is 338 g/mol. The third-order valence-electron chi connectivity index (χ3n) is 7.14. The minimum Gasteiger partial charge on any atom is -0.481 e. The van der Waals surface area contributed by atoms with Crippen LogP contribution in [0.5, 0.6) is 0 Å². The smallest absolute Gasteiger partial charge is 0.303 e. The summed E-state index contributed by atoms with van der Waals surface area (Å²) in [7, 11) is 0. The van der Waals surface area contributed by atoms with Gasteiger partial charge in [-0.15, -0.1) is 0 Å². The maximum atomic E-state index is 10.9. The number of carbonyl (C=O) groups is 1. The minimum absolute atomic E-state index is 0.0175. The molecule has 0 bridgehead atoms. The molecule has 0 aromatic rings. The minimum atomic E-state index is -0.724. The van der Waals surface area contributed by atoms with E-state index in [2.05, 4.69) is 19.9 Å². The zero-order valence-electron chi connectivity index (χ0n) is 15.6. The second-order valence-corrected chi connectivity index (χ2v) is 8.77. The van der Waals surface area contributed by atoms with Gasteiger partial charge >= 0.3 is 5.97 Å². The van der Waals surface area contributed by atoms with E-state index in [0.717, 1.165) is 32.1 Å². The number of rotatable bonds is 6. The third-order valence-corrected chi connectivity index (χ3v) is 7.14. The highest BCUT2D eigenvalue weighted by atomic mass is 16.4. The molecular formula is C20H34O4. The molecule has 24 heavy (non-hydrogen) atoms. The van der Waals surface area contributed by atoms with Crippen molar-refractivity contribution in [2.24, 2.45) is 28.6 Å². The molecule has 0 aromatic heterocycles. The molecule has 2 aliphatic carbocycles. The van der Waals surface area contributed by atoms with Gasteiger partial charge in [-0.25, -0.2) is 0 Å². The fourth-order valence-electron chi connectivity index (χ4n) is 4.94. The van der Waals surface area contributed by atoms with Crippen LogP contribution < -0.4 is 0 Å². The number of aliphatic hydroxyl groups excluding tert-OH is 2. The second kappa shape index (κ2) is 7.17. The van der Waals surface area contributed by atoms with Crippen molar-refractivity contribution in [1.82, 2.24) is 0 Å². The first-order valence-electron chi connectivity index (χ1n) is 9.36. The lowest BCUT2D eigenvalue weighted by Crippen LogP contribution is -2.51. The lowest BCUT2D eigenvalue weighted by atomic mass is 9.51. The zero-order valence-corrected chi connectivity index (χ0v) is 15.6. The SMILES string of the molecule is CC(CC[C@@]1(C)[C@H](C)CC=C2[C@@H]1CC[C@H](O)[C@@]2(C)CO)CC(=O)O. The molecule has 0 saturated heterocycles.